The molecular formula is C16H15NO4. The molecule has 1 heterocycles. The maximum Gasteiger partial charge on any atom is 0.377 e. The van der Waals surface area contributed by atoms with Crippen LogP contribution in [-0.2, 0) is 17.6 Å². The highest BCUT2D eigenvalue weighted by molar-refractivity contribution is 5.99. The molecule has 1 aromatic carbocycles. The third-order valence-electron chi connectivity index (χ3n) is 3.58. The van der Waals surface area contributed by atoms with Crippen molar-refractivity contribution in [1.82, 2.24) is 5.16 Å². The Morgan fingerprint density at radius 3 is 2.81 bits per heavy atom. The predicted octanol–water partition coefficient (Wildman–Crippen LogP) is 2.51. The molecule has 0 saturated heterocycles. The summed E-state index contributed by atoms with van der Waals surface area (Å²) in [4.78, 5) is 23.7. The third kappa shape index (κ3) is 2.86. The van der Waals surface area contributed by atoms with E-state index in [0.717, 1.165) is 19.3 Å². The number of hydrogen-bond donors (Lipinski definition) is 0. The van der Waals surface area contributed by atoms with Gasteiger partial charge in [-0.25, -0.2) is 4.79 Å². The molecule has 1 aliphatic rings. The fourth-order valence-electron chi connectivity index (χ4n) is 2.49. The van der Waals surface area contributed by atoms with E-state index in [-0.39, 0.29) is 18.2 Å². The van der Waals surface area contributed by atoms with E-state index in [9.17, 15) is 9.59 Å². The molecule has 2 aromatic rings. The number of rotatable bonds is 4. The summed E-state index contributed by atoms with van der Waals surface area (Å²) in [5.74, 6) is -0.881. The minimum atomic E-state index is -0.676. The molecule has 0 radical (unpaired) electrons. The van der Waals surface area contributed by atoms with Crippen molar-refractivity contribution in [2.24, 2.45) is 0 Å². The summed E-state index contributed by atoms with van der Waals surface area (Å²) in [6.45, 7) is 1.41. The summed E-state index contributed by atoms with van der Waals surface area (Å²) in [6.07, 6.45) is 3.21. The van der Waals surface area contributed by atoms with E-state index in [1.54, 1.807) is 13.0 Å². The zero-order valence-electron chi connectivity index (χ0n) is 11.7. The number of benzene rings is 1. The number of ether oxygens (including phenoxy) is 1. The molecule has 1 aliphatic carbocycles. The SMILES string of the molecule is Cc1cc(C(=O)OCC(=O)c2ccc3c(c2)CCC3)on1. The lowest BCUT2D eigenvalue weighted by molar-refractivity contribution is 0.0435. The molecule has 0 aliphatic heterocycles. The van der Waals surface area contributed by atoms with Crippen molar-refractivity contribution < 1.29 is 18.8 Å². The van der Waals surface area contributed by atoms with E-state index in [4.69, 9.17) is 9.26 Å². The van der Waals surface area contributed by atoms with Crippen LogP contribution in [0.3, 0.4) is 0 Å². The van der Waals surface area contributed by atoms with Crippen LogP contribution >= 0.6 is 0 Å². The first-order valence-electron chi connectivity index (χ1n) is 6.89. The van der Waals surface area contributed by atoms with Gasteiger partial charge in [0.2, 0.25) is 5.76 Å². The molecule has 0 atom stereocenters. The van der Waals surface area contributed by atoms with E-state index in [2.05, 4.69) is 5.16 Å². The molecule has 0 spiro atoms. The number of Topliss-reactive ketones (excluding diaryl/α,β-unsaturated/α-hetero) is 1. The van der Waals surface area contributed by atoms with Crippen LogP contribution < -0.4 is 0 Å². The lowest BCUT2D eigenvalue weighted by atomic mass is 10.0. The molecule has 0 amide bonds. The number of ketones is 1. The van der Waals surface area contributed by atoms with Gasteiger partial charge in [-0.05, 0) is 43.4 Å². The zero-order chi connectivity index (χ0) is 14.8. The summed E-state index contributed by atoms with van der Waals surface area (Å²) < 4.78 is 9.74. The average molecular weight is 285 g/mol. The molecule has 3 rings (SSSR count). The number of carbonyl (C=O) groups excluding carboxylic acids is 2. The van der Waals surface area contributed by atoms with Crippen molar-refractivity contribution in [2.75, 3.05) is 6.61 Å². The Balaban J connectivity index is 1.63. The van der Waals surface area contributed by atoms with Crippen LogP contribution in [0.1, 0.15) is 44.2 Å². The van der Waals surface area contributed by atoms with Crippen LogP contribution in [0.15, 0.2) is 28.8 Å². The van der Waals surface area contributed by atoms with Crippen LogP contribution in [0, 0.1) is 6.92 Å². The van der Waals surface area contributed by atoms with Gasteiger partial charge < -0.3 is 9.26 Å². The molecule has 0 unspecified atom stereocenters. The first-order valence-corrected chi connectivity index (χ1v) is 6.89. The fraction of sp³-hybridized carbons (Fsp3) is 0.312. The second kappa shape index (κ2) is 5.52. The first kappa shape index (κ1) is 13.5. The number of hydrogen-bond acceptors (Lipinski definition) is 5. The van der Waals surface area contributed by atoms with Crippen molar-refractivity contribution in [1.29, 1.82) is 0 Å². The number of aromatic nitrogens is 1. The Bertz CT molecular complexity index is 702. The van der Waals surface area contributed by atoms with Gasteiger partial charge >= 0.3 is 5.97 Å². The topological polar surface area (TPSA) is 69.4 Å². The zero-order valence-corrected chi connectivity index (χ0v) is 11.7. The lowest BCUT2D eigenvalue weighted by Gasteiger charge is -2.05. The number of nitrogens with zero attached hydrogens (tertiary/aromatic N) is 1. The Morgan fingerprint density at radius 2 is 2.05 bits per heavy atom. The van der Waals surface area contributed by atoms with Gasteiger partial charge in [0.15, 0.2) is 12.4 Å². The van der Waals surface area contributed by atoms with Crippen LogP contribution in [-0.4, -0.2) is 23.5 Å². The molecular weight excluding hydrogens is 270 g/mol. The Kier molecular flexibility index (Phi) is 3.56. The highest BCUT2D eigenvalue weighted by Gasteiger charge is 2.17. The van der Waals surface area contributed by atoms with E-state index >= 15 is 0 Å². The molecule has 5 heteroatoms. The van der Waals surface area contributed by atoms with Gasteiger partial charge in [-0.1, -0.05) is 17.3 Å². The number of aryl methyl sites for hydroxylation is 3. The van der Waals surface area contributed by atoms with E-state index in [1.165, 1.54) is 17.2 Å². The largest absolute Gasteiger partial charge is 0.451 e. The molecule has 21 heavy (non-hydrogen) atoms. The van der Waals surface area contributed by atoms with Crippen LogP contribution in [0.25, 0.3) is 0 Å². The summed E-state index contributed by atoms with van der Waals surface area (Å²) in [5.41, 5.74) is 3.70. The predicted molar refractivity (Wildman–Crippen MR) is 74.3 cm³/mol. The molecule has 0 saturated carbocycles. The number of fused-ring (bicyclic) bond motifs is 1. The normalized spacial score (nSPS) is 13.0. The van der Waals surface area contributed by atoms with Gasteiger partial charge in [-0.3, -0.25) is 4.79 Å². The number of carbonyl (C=O) groups is 2. The number of esters is 1. The smallest absolute Gasteiger partial charge is 0.377 e. The first-order chi connectivity index (χ1) is 10.1. The van der Waals surface area contributed by atoms with Gasteiger partial charge in [0, 0.05) is 11.6 Å². The summed E-state index contributed by atoms with van der Waals surface area (Å²) in [7, 11) is 0. The molecule has 108 valence electrons. The molecule has 0 N–H and O–H groups in total. The van der Waals surface area contributed by atoms with Gasteiger partial charge in [0.25, 0.3) is 0 Å². The molecule has 0 bridgehead atoms. The third-order valence-corrected chi connectivity index (χ3v) is 3.58. The van der Waals surface area contributed by atoms with Gasteiger partial charge in [0.1, 0.15) is 0 Å². The van der Waals surface area contributed by atoms with Crippen molar-refractivity contribution in [3.63, 3.8) is 0 Å². The quantitative estimate of drug-likeness (QED) is 0.637. The van der Waals surface area contributed by atoms with Gasteiger partial charge in [-0.2, -0.15) is 0 Å². The molecule has 0 fully saturated rings. The van der Waals surface area contributed by atoms with E-state index < -0.39 is 5.97 Å². The second-order valence-electron chi connectivity index (χ2n) is 5.17. The summed E-state index contributed by atoms with van der Waals surface area (Å²) >= 11 is 0. The van der Waals surface area contributed by atoms with Crippen molar-refractivity contribution in [3.8, 4) is 0 Å². The Morgan fingerprint density at radius 1 is 1.24 bits per heavy atom. The van der Waals surface area contributed by atoms with Crippen LogP contribution in [0.4, 0.5) is 0 Å². The van der Waals surface area contributed by atoms with Crippen molar-refractivity contribution in [3.05, 3.63) is 52.4 Å². The van der Waals surface area contributed by atoms with E-state index in [0.29, 0.717) is 11.3 Å². The Labute approximate surface area is 121 Å². The minimum absolute atomic E-state index is 0.00857. The monoisotopic (exact) mass is 285 g/mol. The molecule has 1 aromatic heterocycles. The van der Waals surface area contributed by atoms with Gasteiger partial charge in [-0.15, -0.1) is 0 Å². The standard InChI is InChI=1S/C16H15NO4/c1-10-7-15(21-17-10)16(19)20-9-14(18)13-6-5-11-3-2-4-12(11)8-13/h5-8H,2-4,9H2,1H3. The van der Waals surface area contributed by atoms with Gasteiger partial charge in [0.05, 0.1) is 5.69 Å². The van der Waals surface area contributed by atoms with Crippen LogP contribution in [0.2, 0.25) is 0 Å². The van der Waals surface area contributed by atoms with Crippen LogP contribution in [0.5, 0.6) is 0 Å². The highest BCUT2D eigenvalue weighted by Crippen LogP contribution is 2.23. The summed E-state index contributed by atoms with van der Waals surface area (Å²) in [5, 5.41) is 3.60. The molecule has 5 nitrogen and oxygen atoms in total. The lowest BCUT2D eigenvalue weighted by Crippen LogP contribution is -2.14. The minimum Gasteiger partial charge on any atom is -0.451 e. The average Bonchev–Trinajstić information content (AvgIpc) is 3.12. The second-order valence-corrected chi connectivity index (χ2v) is 5.17. The van der Waals surface area contributed by atoms with Crippen molar-refractivity contribution >= 4 is 11.8 Å². The maximum atomic E-state index is 12.1. The Hall–Kier alpha value is -2.43. The fourth-order valence-corrected chi connectivity index (χ4v) is 2.49. The highest BCUT2D eigenvalue weighted by atomic mass is 16.6. The maximum absolute atomic E-state index is 12.1. The van der Waals surface area contributed by atoms with E-state index in [1.807, 2.05) is 12.1 Å². The summed E-state index contributed by atoms with van der Waals surface area (Å²) in [6, 6.07) is 7.15. The van der Waals surface area contributed by atoms with Crippen molar-refractivity contribution in [2.45, 2.75) is 26.2 Å².